The molecule has 0 atom stereocenters. The predicted molar refractivity (Wildman–Crippen MR) is 247 cm³/mol. The average Bonchev–Trinajstić information content (AvgIpc) is 3.27. The molecule has 0 saturated heterocycles. The Kier molecular flexibility index (Phi) is 9.79. The van der Waals surface area contributed by atoms with Gasteiger partial charge in [0.2, 0.25) is 0 Å². The van der Waals surface area contributed by atoms with E-state index < -0.39 is 0 Å². The molecule has 0 aromatic heterocycles. The van der Waals surface area contributed by atoms with Crippen molar-refractivity contribution in [1.82, 2.24) is 0 Å². The molecule has 0 radical (unpaired) electrons. The summed E-state index contributed by atoms with van der Waals surface area (Å²) in [4.78, 5) is 4.81. The Morgan fingerprint density at radius 3 is 1.16 bits per heavy atom. The number of hydrogen-bond acceptors (Lipinski definition) is 2. The first-order valence-corrected chi connectivity index (χ1v) is 20.6. The fourth-order valence-electron chi connectivity index (χ4n) is 8.81. The van der Waals surface area contributed by atoms with Crippen LogP contribution < -0.4 is 9.80 Å². The first-order valence-electron chi connectivity index (χ1n) is 20.6. The molecular weight excluding hydrogens is 701 g/mol. The number of benzene rings is 8. The standard InChI is InChI=1S/C56H50N2/c1-55(2)38-39-56(3,4)52-40-48(36-37-51(52)55)58(54-27-17-15-25-50(54)44-20-10-6-11-21-44)47-34-30-42(31-35-47)41-28-32-46(33-29-41)57(45-22-12-7-13-23-45)53-26-16-14-24-49(53)43-18-8-5-9-19-43/h5-37,40H,38-39H2,1-4H3. The predicted octanol–water partition coefficient (Wildman–Crippen LogP) is 16.0. The van der Waals surface area contributed by atoms with Gasteiger partial charge in [0.25, 0.3) is 0 Å². The first kappa shape index (κ1) is 37.0. The summed E-state index contributed by atoms with van der Waals surface area (Å²) in [6.45, 7) is 9.62. The molecule has 2 heteroatoms. The van der Waals surface area contributed by atoms with Gasteiger partial charge in [-0.25, -0.2) is 0 Å². The number of hydrogen-bond donors (Lipinski definition) is 0. The molecule has 8 aromatic carbocycles. The summed E-state index contributed by atoms with van der Waals surface area (Å²) < 4.78 is 0. The van der Waals surface area contributed by atoms with Gasteiger partial charge in [-0.1, -0.05) is 173 Å². The average molecular weight is 751 g/mol. The van der Waals surface area contributed by atoms with E-state index in [1.54, 1.807) is 0 Å². The van der Waals surface area contributed by atoms with E-state index >= 15 is 0 Å². The smallest absolute Gasteiger partial charge is 0.0540 e. The third-order valence-electron chi connectivity index (χ3n) is 12.2. The fourth-order valence-corrected chi connectivity index (χ4v) is 8.81. The van der Waals surface area contributed by atoms with Gasteiger partial charge in [-0.3, -0.25) is 0 Å². The van der Waals surface area contributed by atoms with Crippen molar-refractivity contribution in [1.29, 1.82) is 0 Å². The van der Waals surface area contributed by atoms with Crippen molar-refractivity contribution in [2.45, 2.75) is 51.4 Å². The van der Waals surface area contributed by atoms with E-state index in [4.69, 9.17) is 0 Å². The second-order valence-electron chi connectivity index (χ2n) is 16.9. The van der Waals surface area contributed by atoms with Crippen molar-refractivity contribution in [2.24, 2.45) is 0 Å². The van der Waals surface area contributed by atoms with Crippen LogP contribution in [0.2, 0.25) is 0 Å². The van der Waals surface area contributed by atoms with Gasteiger partial charge >= 0.3 is 0 Å². The zero-order valence-corrected chi connectivity index (χ0v) is 33.9. The Bertz CT molecular complexity index is 2640. The molecule has 0 unspecified atom stereocenters. The molecule has 2 nitrogen and oxygen atoms in total. The molecule has 0 fully saturated rings. The number of fused-ring (bicyclic) bond motifs is 1. The lowest BCUT2D eigenvalue weighted by Crippen LogP contribution is -2.34. The minimum Gasteiger partial charge on any atom is -0.310 e. The highest BCUT2D eigenvalue weighted by Crippen LogP contribution is 2.49. The second kappa shape index (κ2) is 15.4. The normalized spacial score (nSPS) is 14.0. The Morgan fingerprint density at radius 1 is 0.310 bits per heavy atom. The van der Waals surface area contributed by atoms with Crippen molar-refractivity contribution in [3.8, 4) is 33.4 Å². The topological polar surface area (TPSA) is 6.48 Å². The molecule has 0 bridgehead atoms. The summed E-state index contributed by atoms with van der Waals surface area (Å²) in [5, 5.41) is 0. The monoisotopic (exact) mass is 750 g/mol. The molecule has 0 N–H and O–H groups in total. The SMILES string of the molecule is CC1(C)CCC(C)(C)c2cc(N(c3ccc(-c4ccc(N(c5ccccc5)c5ccccc5-c5ccccc5)cc4)cc3)c3ccccc3-c3ccccc3)ccc21. The molecule has 0 amide bonds. The molecule has 9 rings (SSSR count). The van der Waals surface area contributed by atoms with Gasteiger partial charge in [0.1, 0.15) is 0 Å². The Balaban J connectivity index is 1.11. The number of rotatable bonds is 9. The van der Waals surface area contributed by atoms with Crippen LogP contribution in [0.1, 0.15) is 51.7 Å². The number of nitrogens with zero attached hydrogens (tertiary/aromatic N) is 2. The van der Waals surface area contributed by atoms with Crippen molar-refractivity contribution in [3.05, 3.63) is 217 Å². The highest BCUT2D eigenvalue weighted by Gasteiger charge is 2.37. The molecule has 1 aliphatic carbocycles. The van der Waals surface area contributed by atoms with Gasteiger partial charge in [0.05, 0.1) is 11.4 Å². The summed E-state index contributed by atoms with van der Waals surface area (Å²) >= 11 is 0. The quantitative estimate of drug-likeness (QED) is 0.145. The van der Waals surface area contributed by atoms with Crippen molar-refractivity contribution >= 4 is 34.1 Å². The zero-order valence-electron chi connectivity index (χ0n) is 33.9. The summed E-state index contributed by atoms with van der Waals surface area (Å²) in [5.41, 5.74) is 17.2. The minimum atomic E-state index is 0.0984. The molecule has 58 heavy (non-hydrogen) atoms. The maximum atomic E-state index is 2.47. The fraction of sp³-hybridized carbons (Fsp3) is 0.143. The van der Waals surface area contributed by atoms with Crippen molar-refractivity contribution in [3.63, 3.8) is 0 Å². The minimum absolute atomic E-state index is 0.0984. The molecule has 0 heterocycles. The van der Waals surface area contributed by atoms with Gasteiger partial charge in [-0.2, -0.15) is 0 Å². The maximum absolute atomic E-state index is 2.47. The van der Waals surface area contributed by atoms with Crippen LogP contribution in [0.4, 0.5) is 34.1 Å². The summed E-state index contributed by atoms with van der Waals surface area (Å²) in [5.74, 6) is 0. The van der Waals surface area contributed by atoms with Crippen LogP contribution in [0.3, 0.4) is 0 Å². The number of para-hydroxylation sites is 3. The van der Waals surface area contributed by atoms with Gasteiger partial charge < -0.3 is 9.80 Å². The van der Waals surface area contributed by atoms with Crippen LogP contribution in [-0.4, -0.2) is 0 Å². The molecule has 0 saturated carbocycles. The highest BCUT2D eigenvalue weighted by atomic mass is 15.1. The summed E-state index contributed by atoms with van der Waals surface area (Å²) in [6, 6.07) is 74.9. The van der Waals surface area contributed by atoms with Crippen molar-refractivity contribution < 1.29 is 0 Å². The third-order valence-corrected chi connectivity index (χ3v) is 12.2. The Morgan fingerprint density at radius 2 is 0.672 bits per heavy atom. The van der Waals surface area contributed by atoms with E-state index in [1.807, 2.05) is 0 Å². The largest absolute Gasteiger partial charge is 0.310 e. The molecule has 284 valence electrons. The van der Waals surface area contributed by atoms with E-state index in [1.165, 1.54) is 63.0 Å². The lowest BCUT2D eigenvalue weighted by Gasteiger charge is -2.42. The van der Waals surface area contributed by atoms with Crippen LogP contribution in [-0.2, 0) is 10.8 Å². The van der Waals surface area contributed by atoms with Crippen LogP contribution in [0, 0.1) is 0 Å². The Hall–Kier alpha value is -6.64. The van der Waals surface area contributed by atoms with Crippen LogP contribution in [0.25, 0.3) is 33.4 Å². The Labute approximate surface area is 344 Å². The van der Waals surface area contributed by atoms with E-state index in [2.05, 4.69) is 244 Å². The molecule has 8 aromatic rings. The molecule has 0 spiro atoms. The van der Waals surface area contributed by atoms with Gasteiger partial charge in [0.15, 0.2) is 0 Å². The second-order valence-corrected chi connectivity index (χ2v) is 16.9. The van der Waals surface area contributed by atoms with E-state index in [9.17, 15) is 0 Å². The lowest BCUT2D eigenvalue weighted by atomic mass is 9.63. The molecule has 1 aliphatic rings. The van der Waals surface area contributed by atoms with Gasteiger partial charge in [0, 0.05) is 33.9 Å². The van der Waals surface area contributed by atoms with Crippen molar-refractivity contribution in [2.75, 3.05) is 9.80 Å². The van der Waals surface area contributed by atoms with E-state index in [0.717, 1.165) is 28.4 Å². The van der Waals surface area contributed by atoms with Crippen LogP contribution >= 0.6 is 0 Å². The summed E-state index contributed by atoms with van der Waals surface area (Å²) in [6.07, 6.45) is 2.37. The summed E-state index contributed by atoms with van der Waals surface area (Å²) in [7, 11) is 0. The van der Waals surface area contributed by atoms with Crippen LogP contribution in [0.15, 0.2) is 206 Å². The van der Waals surface area contributed by atoms with Crippen LogP contribution in [0.5, 0.6) is 0 Å². The lowest BCUT2D eigenvalue weighted by molar-refractivity contribution is 0.332. The maximum Gasteiger partial charge on any atom is 0.0540 e. The van der Waals surface area contributed by atoms with Gasteiger partial charge in [-0.05, 0) is 118 Å². The zero-order chi connectivity index (χ0) is 39.7. The number of anilines is 6. The molecule has 0 aliphatic heterocycles. The van der Waals surface area contributed by atoms with Gasteiger partial charge in [-0.15, -0.1) is 0 Å². The highest BCUT2D eigenvalue weighted by molar-refractivity contribution is 5.90. The first-order chi connectivity index (χ1) is 28.3. The third kappa shape index (κ3) is 7.12. The molecular formula is C56H50N2. The van der Waals surface area contributed by atoms with E-state index in [0.29, 0.717) is 0 Å². The van der Waals surface area contributed by atoms with E-state index in [-0.39, 0.29) is 10.8 Å².